The topological polar surface area (TPSA) is 102 Å². The van der Waals surface area contributed by atoms with Crippen LogP contribution < -0.4 is 5.73 Å². The number of anilines is 1. The molecule has 0 amide bonds. The average molecular weight is 423 g/mol. The van der Waals surface area contributed by atoms with Crippen molar-refractivity contribution in [2.45, 2.75) is 6.42 Å². The van der Waals surface area contributed by atoms with Gasteiger partial charge < -0.3 is 10.3 Å². The maximum atomic E-state index is 10.0. The second-order valence-corrected chi connectivity index (χ2v) is 7.74. The Balaban J connectivity index is 2.00. The average Bonchev–Trinajstić information content (AvgIpc) is 3.01. The van der Waals surface area contributed by atoms with Crippen molar-refractivity contribution in [1.82, 2.24) is 4.57 Å². The van der Waals surface area contributed by atoms with Crippen molar-refractivity contribution in [2.24, 2.45) is 0 Å². The number of benzene rings is 3. The Hall–Kier alpha value is -5.05. The van der Waals surface area contributed by atoms with Gasteiger partial charge in [-0.05, 0) is 48.9 Å². The number of allylic oxidation sites excluding steroid dienone is 6. The Bertz CT molecular complexity index is 1670. The number of nitriles is 3. The number of nitrogens with zero attached hydrogens (tertiary/aromatic N) is 4. The van der Waals surface area contributed by atoms with Crippen LogP contribution >= 0.6 is 0 Å². The molecule has 2 N–H and O–H groups in total. The predicted molar refractivity (Wildman–Crippen MR) is 130 cm³/mol. The van der Waals surface area contributed by atoms with E-state index < -0.39 is 0 Å². The molecule has 5 heteroatoms. The maximum Gasteiger partial charge on any atom is 0.0995 e. The zero-order chi connectivity index (χ0) is 22.9. The summed E-state index contributed by atoms with van der Waals surface area (Å²) < 4.78 is 2.06. The quantitative estimate of drug-likeness (QED) is 0.406. The van der Waals surface area contributed by atoms with Gasteiger partial charge in [0.05, 0.1) is 51.6 Å². The van der Waals surface area contributed by atoms with Crippen molar-refractivity contribution in [1.29, 1.82) is 15.8 Å². The smallest absolute Gasteiger partial charge is 0.0995 e. The number of fused-ring (bicyclic) bond motifs is 3. The molecule has 0 fully saturated rings. The molecule has 0 aliphatic heterocycles. The summed E-state index contributed by atoms with van der Waals surface area (Å²) in [6, 6.07) is 25.4. The van der Waals surface area contributed by atoms with Gasteiger partial charge in [-0.2, -0.15) is 15.8 Å². The lowest BCUT2D eigenvalue weighted by molar-refractivity contribution is 1.23. The predicted octanol–water partition coefficient (Wildman–Crippen LogP) is 5.90. The minimum atomic E-state index is 0.530. The van der Waals surface area contributed by atoms with Crippen LogP contribution in [-0.4, -0.2) is 4.57 Å². The first kappa shape index (κ1) is 19.9. The molecule has 0 atom stereocenters. The molecule has 0 saturated heterocycles. The molecule has 1 aliphatic carbocycles. The van der Waals surface area contributed by atoms with Crippen LogP contribution in [0.5, 0.6) is 0 Å². The summed E-state index contributed by atoms with van der Waals surface area (Å²) in [5.74, 6) is 0. The molecule has 4 aromatic rings. The number of para-hydroxylation sites is 1. The zero-order valence-electron chi connectivity index (χ0n) is 17.6. The number of hydrogen-bond acceptors (Lipinski definition) is 4. The SMILES string of the molecule is N#CC1=CCC=CC(n2c3ccc(C#N)cc3c3ccc(C#N)cc32)=C1c1ccccc1N. The summed E-state index contributed by atoms with van der Waals surface area (Å²) in [6.07, 6.45) is 6.52. The fourth-order valence-corrected chi connectivity index (χ4v) is 4.40. The monoisotopic (exact) mass is 423 g/mol. The van der Waals surface area contributed by atoms with Crippen LogP contribution in [0.1, 0.15) is 23.1 Å². The molecule has 33 heavy (non-hydrogen) atoms. The zero-order valence-corrected chi connectivity index (χ0v) is 17.6. The lowest BCUT2D eigenvalue weighted by atomic mass is 9.95. The van der Waals surface area contributed by atoms with Crippen molar-refractivity contribution in [3.05, 3.63) is 101 Å². The molecule has 1 heterocycles. The lowest BCUT2D eigenvalue weighted by Crippen LogP contribution is -2.03. The molecular formula is C28H17N5. The normalized spacial score (nSPS) is 13.3. The highest BCUT2D eigenvalue weighted by molar-refractivity contribution is 6.14. The van der Waals surface area contributed by atoms with Crippen molar-refractivity contribution in [3.8, 4) is 18.2 Å². The molecule has 0 radical (unpaired) electrons. The summed E-state index contributed by atoms with van der Waals surface area (Å²) in [6.45, 7) is 0. The number of nitrogens with two attached hydrogens (primary N) is 1. The highest BCUT2D eigenvalue weighted by atomic mass is 15.0. The van der Waals surface area contributed by atoms with Gasteiger partial charge in [0, 0.05) is 27.6 Å². The summed E-state index contributed by atoms with van der Waals surface area (Å²) in [7, 11) is 0. The molecular weight excluding hydrogens is 406 g/mol. The molecule has 0 spiro atoms. The van der Waals surface area contributed by atoms with E-state index in [1.807, 2.05) is 66.8 Å². The first-order valence-corrected chi connectivity index (χ1v) is 10.4. The van der Waals surface area contributed by atoms with E-state index in [-0.39, 0.29) is 0 Å². The van der Waals surface area contributed by atoms with Crippen LogP contribution in [0.3, 0.4) is 0 Å². The van der Waals surface area contributed by atoms with Gasteiger partial charge in [0.15, 0.2) is 0 Å². The maximum absolute atomic E-state index is 10.0. The van der Waals surface area contributed by atoms with E-state index in [0.717, 1.165) is 38.6 Å². The van der Waals surface area contributed by atoms with Crippen molar-refractivity contribution >= 4 is 38.8 Å². The molecule has 5 rings (SSSR count). The Labute approximate surface area is 190 Å². The largest absolute Gasteiger partial charge is 0.398 e. The van der Waals surface area contributed by atoms with Gasteiger partial charge in [0.2, 0.25) is 0 Å². The van der Waals surface area contributed by atoms with E-state index >= 15 is 0 Å². The van der Waals surface area contributed by atoms with E-state index in [1.165, 1.54) is 0 Å². The van der Waals surface area contributed by atoms with Crippen LogP contribution in [0.25, 0.3) is 33.1 Å². The molecule has 1 aromatic heterocycles. The van der Waals surface area contributed by atoms with Crippen molar-refractivity contribution in [3.63, 3.8) is 0 Å². The number of hydrogen-bond donors (Lipinski definition) is 1. The first-order valence-electron chi connectivity index (χ1n) is 10.4. The van der Waals surface area contributed by atoms with Gasteiger partial charge in [-0.1, -0.05) is 36.4 Å². The van der Waals surface area contributed by atoms with Gasteiger partial charge in [0.1, 0.15) is 0 Å². The van der Waals surface area contributed by atoms with Crippen LogP contribution in [0, 0.1) is 34.0 Å². The first-order chi connectivity index (χ1) is 16.2. The molecule has 5 nitrogen and oxygen atoms in total. The summed E-state index contributed by atoms with van der Waals surface area (Å²) in [4.78, 5) is 0. The molecule has 3 aromatic carbocycles. The molecule has 0 bridgehead atoms. The summed E-state index contributed by atoms with van der Waals surface area (Å²) >= 11 is 0. The Morgan fingerprint density at radius 3 is 2.30 bits per heavy atom. The van der Waals surface area contributed by atoms with E-state index in [9.17, 15) is 15.8 Å². The second-order valence-electron chi connectivity index (χ2n) is 7.74. The van der Waals surface area contributed by atoms with Gasteiger partial charge in [-0.25, -0.2) is 0 Å². The number of nitrogen functional groups attached to an aromatic ring is 1. The fraction of sp³-hybridized carbons (Fsp3) is 0.0357. The fourth-order valence-electron chi connectivity index (χ4n) is 4.40. The molecule has 1 aliphatic rings. The third-order valence-corrected chi connectivity index (χ3v) is 5.88. The minimum absolute atomic E-state index is 0.530. The van der Waals surface area contributed by atoms with Crippen LogP contribution in [0.15, 0.2) is 84.5 Å². The van der Waals surface area contributed by atoms with Gasteiger partial charge in [-0.3, -0.25) is 0 Å². The van der Waals surface area contributed by atoms with Crippen molar-refractivity contribution in [2.75, 3.05) is 5.73 Å². The summed E-state index contributed by atoms with van der Waals surface area (Å²) in [5.41, 5.74) is 12.6. The lowest BCUT2D eigenvalue weighted by Gasteiger charge is -2.17. The second kappa shape index (κ2) is 7.89. The standard InChI is InChI=1S/C28H17N5/c29-15-18-10-12-25-23(13-18)21-11-9-19(16-30)14-27(21)33(25)26-8-4-1-5-20(17-31)28(26)22-6-2-3-7-24(22)32/h2-14H,1,32H2. The molecule has 154 valence electrons. The van der Waals surface area contributed by atoms with Crippen molar-refractivity contribution < 1.29 is 0 Å². The summed E-state index contributed by atoms with van der Waals surface area (Å²) in [5, 5.41) is 30.9. The Kier molecular flexibility index (Phi) is 4.76. The Morgan fingerprint density at radius 2 is 1.55 bits per heavy atom. The van der Waals surface area contributed by atoms with Crippen LogP contribution in [0.2, 0.25) is 0 Å². The third kappa shape index (κ3) is 3.15. The highest BCUT2D eigenvalue weighted by Gasteiger charge is 2.22. The van der Waals surface area contributed by atoms with Crippen LogP contribution in [0.4, 0.5) is 5.69 Å². The van der Waals surface area contributed by atoms with Gasteiger partial charge in [-0.15, -0.1) is 0 Å². The molecule has 0 unspecified atom stereocenters. The minimum Gasteiger partial charge on any atom is -0.398 e. The number of rotatable bonds is 2. The van der Waals surface area contributed by atoms with Gasteiger partial charge in [0.25, 0.3) is 0 Å². The van der Waals surface area contributed by atoms with E-state index in [1.54, 1.807) is 12.1 Å². The van der Waals surface area contributed by atoms with E-state index in [2.05, 4.69) is 22.8 Å². The molecule has 0 saturated carbocycles. The Morgan fingerprint density at radius 1 is 0.788 bits per heavy atom. The van der Waals surface area contributed by atoms with Crippen LogP contribution in [-0.2, 0) is 0 Å². The number of aromatic nitrogens is 1. The van der Waals surface area contributed by atoms with E-state index in [4.69, 9.17) is 5.73 Å². The highest BCUT2D eigenvalue weighted by Crippen LogP contribution is 2.40. The third-order valence-electron chi connectivity index (χ3n) is 5.88. The van der Waals surface area contributed by atoms with Gasteiger partial charge >= 0.3 is 0 Å². The van der Waals surface area contributed by atoms with E-state index in [0.29, 0.717) is 28.8 Å².